The van der Waals surface area contributed by atoms with Crippen LogP contribution in [-0.2, 0) is 4.79 Å². The molecule has 3 nitrogen and oxygen atoms in total. The Morgan fingerprint density at radius 1 is 1.45 bits per heavy atom. The molecule has 0 aromatic rings. The molecule has 0 fully saturated rings. The summed E-state index contributed by atoms with van der Waals surface area (Å²) in [6.45, 7) is 0. The van der Waals surface area contributed by atoms with Crippen molar-refractivity contribution < 1.29 is 4.79 Å². The normalized spacial score (nSPS) is 13.1. The number of hydrogen-bond acceptors (Lipinski definition) is 3. The van der Waals surface area contributed by atoms with Crippen molar-refractivity contribution in [2.75, 3.05) is 14.1 Å². The molecule has 0 rings (SSSR count). The zero-order chi connectivity index (χ0) is 8.85. The number of aliphatic imine (C=N–C) groups is 1. The maximum atomic E-state index is 10.1. The quantitative estimate of drug-likeness (QED) is 0.449. The zero-order valence-corrected chi connectivity index (χ0v) is 9.39. The molecule has 0 saturated carbocycles. The first kappa shape index (κ1) is 10.8. The van der Waals surface area contributed by atoms with Gasteiger partial charge in [-0.3, -0.25) is 4.79 Å². The van der Waals surface area contributed by atoms with Crippen LogP contribution < -0.4 is 0 Å². The molecule has 0 aliphatic rings. The first-order valence-corrected chi connectivity index (χ1v) is 4.38. The highest BCUT2D eigenvalue weighted by Gasteiger charge is 1.91. The van der Waals surface area contributed by atoms with E-state index < -0.39 is 0 Å². The minimum absolute atomic E-state index is 0.266. The molecular weight excluding hydrogens is 276 g/mol. The Labute approximate surface area is 82.4 Å². The van der Waals surface area contributed by atoms with Crippen molar-refractivity contribution in [2.24, 2.45) is 4.99 Å². The van der Waals surface area contributed by atoms with Gasteiger partial charge in [-0.25, -0.2) is 4.99 Å². The van der Waals surface area contributed by atoms with Gasteiger partial charge in [-0.1, -0.05) is 0 Å². The van der Waals surface area contributed by atoms with Gasteiger partial charge in [-0.2, -0.15) is 0 Å². The molecule has 0 aromatic carbocycles. The van der Waals surface area contributed by atoms with E-state index in [2.05, 4.69) is 36.9 Å². The van der Waals surface area contributed by atoms with Crippen LogP contribution >= 0.6 is 31.9 Å². The van der Waals surface area contributed by atoms with Crippen LogP contribution in [0.5, 0.6) is 0 Å². The standard InChI is InChI=1S/C6H8Br2N2O/c1-10(2)3-5(7)9-6(8)4-11/h3-4H,1-2H3/b5-3-,9-6+. The van der Waals surface area contributed by atoms with E-state index in [9.17, 15) is 4.79 Å². The maximum absolute atomic E-state index is 10.1. The zero-order valence-electron chi connectivity index (χ0n) is 6.21. The third kappa shape index (κ3) is 6.25. The molecule has 0 aliphatic heterocycles. The van der Waals surface area contributed by atoms with Crippen molar-refractivity contribution in [3.63, 3.8) is 0 Å². The third-order valence-corrected chi connectivity index (χ3v) is 1.42. The number of rotatable bonds is 3. The van der Waals surface area contributed by atoms with E-state index in [1.165, 1.54) is 0 Å². The molecule has 0 amide bonds. The minimum Gasteiger partial charge on any atom is -0.381 e. The summed E-state index contributed by atoms with van der Waals surface area (Å²) < 4.78 is 0.865. The summed E-state index contributed by atoms with van der Waals surface area (Å²) in [7, 11) is 3.73. The Kier molecular flexibility index (Phi) is 5.41. The number of nitrogens with zero attached hydrogens (tertiary/aromatic N) is 2. The Hall–Kier alpha value is -0.160. The summed E-state index contributed by atoms with van der Waals surface area (Å²) in [4.78, 5) is 15.7. The fourth-order valence-corrected chi connectivity index (χ4v) is 1.40. The van der Waals surface area contributed by atoms with Crippen molar-refractivity contribution in [1.82, 2.24) is 4.90 Å². The Morgan fingerprint density at radius 3 is 2.36 bits per heavy atom. The van der Waals surface area contributed by atoms with Crippen LogP contribution in [0.1, 0.15) is 0 Å². The largest absolute Gasteiger partial charge is 0.381 e. The number of halogens is 2. The van der Waals surface area contributed by atoms with Crippen molar-refractivity contribution in [1.29, 1.82) is 0 Å². The van der Waals surface area contributed by atoms with Crippen molar-refractivity contribution in [3.8, 4) is 0 Å². The van der Waals surface area contributed by atoms with Gasteiger partial charge in [0.1, 0.15) is 9.23 Å². The molecular formula is C6H8Br2N2O. The lowest BCUT2D eigenvalue weighted by Gasteiger charge is -2.03. The molecule has 0 heterocycles. The minimum atomic E-state index is 0.266. The average molecular weight is 284 g/mol. The summed E-state index contributed by atoms with van der Waals surface area (Å²) in [6.07, 6.45) is 2.37. The van der Waals surface area contributed by atoms with Crippen LogP contribution in [0.2, 0.25) is 0 Å². The molecule has 11 heavy (non-hydrogen) atoms. The van der Waals surface area contributed by atoms with Gasteiger partial charge in [0.2, 0.25) is 0 Å². The Bertz CT molecular complexity index is 199. The van der Waals surface area contributed by atoms with Crippen LogP contribution in [0.25, 0.3) is 0 Å². The van der Waals surface area contributed by atoms with Crippen molar-refractivity contribution >= 4 is 42.8 Å². The highest BCUT2D eigenvalue weighted by Crippen LogP contribution is 2.08. The predicted octanol–water partition coefficient (Wildman–Crippen LogP) is 1.73. The number of carbonyl (C=O) groups excluding carboxylic acids is 1. The van der Waals surface area contributed by atoms with E-state index in [1.54, 1.807) is 6.20 Å². The lowest BCUT2D eigenvalue weighted by atomic mass is 10.7. The highest BCUT2D eigenvalue weighted by molar-refractivity contribution is 9.19. The summed E-state index contributed by atoms with van der Waals surface area (Å²) in [5.41, 5.74) is 0. The van der Waals surface area contributed by atoms with Crippen LogP contribution in [-0.4, -0.2) is 29.9 Å². The second-order valence-electron chi connectivity index (χ2n) is 1.97. The van der Waals surface area contributed by atoms with E-state index in [0.717, 1.165) is 0 Å². The predicted molar refractivity (Wildman–Crippen MR) is 53.1 cm³/mol. The number of aldehydes is 1. The number of carbonyl (C=O) groups is 1. The van der Waals surface area contributed by atoms with E-state index >= 15 is 0 Å². The summed E-state index contributed by atoms with van der Waals surface area (Å²) in [6, 6.07) is 0. The van der Waals surface area contributed by atoms with Crippen LogP contribution in [0.15, 0.2) is 15.8 Å². The molecule has 5 heteroatoms. The van der Waals surface area contributed by atoms with Gasteiger partial charge in [-0.05, 0) is 31.9 Å². The molecule has 62 valence electrons. The molecule has 0 unspecified atom stereocenters. The molecule has 0 saturated heterocycles. The molecule has 0 bridgehead atoms. The topological polar surface area (TPSA) is 32.7 Å². The van der Waals surface area contributed by atoms with Crippen LogP contribution in [0.3, 0.4) is 0 Å². The van der Waals surface area contributed by atoms with Crippen LogP contribution in [0, 0.1) is 0 Å². The highest BCUT2D eigenvalue weighted by atomic mass is 79.9. The van der Waals surface area contributed by atoms with Crippen molar-refractivity contribution in [2.45, 2.75) is 0 Å². The SMILES string of the molecule is CN(C)/C=C(Br)\N=C(\Br)C=O. The van der Waals surface area contributed by atoms with Crippen molar-refractivity contribution in [3.05, 3.63) is 10.8 Å². The van der Waals surface area contributed by atoms with Gasteiger partial charge in [0, 0.05) is 20.3 Å². The van der Waals surface area contributed by atoms with E-state index in [4.69, 9.17) is 0 Å². The second-order valence-corrected chi connectivity index (χ2v) is 3.59. The van der Waals surface area contributed by atoms with E-state index in [0.29, 0.717) is 10.9 Å². The van der Waals surface area contributed by atoms with Crippen LogP contribution in [0.4, 0.5) is 0 Å². The molecule has 0 aliphatic carbocycles. The summed E-state index contributed by atoms with van der Waals surface area (Å²) in [5, 5.41) is 0. The van der Waals surface area contributed by atoms with Gasteiger partial charge < -0.3 is 4.90 Å². The van der Waals surface area contributed by atoms with Gasteiger partial charge in [0.15, 0.2) is 6.29 Å². The van der Waals surface area contributed by atoms with E-state index in [-0.39, 0.29) is 4.62 Å². The maximum Gasteiger partial charge on any atom is 0.175 e. The van der Waals surface area contributed by atoms with E-state index in [1.807, 2.05) is 19.0 Å². The molecule has 0 spiro atoms. The monoisotopic (exact) mass is 282 g/mol. The van der Waals surface area contributed by atoms with Gasteiger partial charge in [-0.15, -0.1) is 0 Å². The average Bonchev–Trinajstić information content (AvgIpc) is 1.85. The lowest BCUT2D eigenvalue weighted by Crippen LogP contribution is -2.01. The molecule has 0 N–H and O–H groups in total. The first-order chi connectivity index (χ1) is 5.06. The second kappa shape index (κ2) is 5.49. The number of hydrogen-bond donors (Lipinski definition) is 0. The summed E-state index contributed by atoms with van der Waals surface area (Å²) >= 11 is 6.12. The van der Waals surface area contributed by atoms with Gasteiger partial charge >= 0.3 is 0 Å². The third-order valence-electron chi connectivity index (χ3n) is 0.676. The summed E-state index contributed by atoms with van der Waals surface area (Å²) in [5.74, 6) is 0. The fourth-order valence-electron chi connectivity index (χ4n) is 0.370. The van der Waals surface area contributed by atoms with Gasteiger partial charge in [0.05, 0.1) is 0 Å². The lowest BCUT2D eigenvalue weighted by molar-refractivity contribution is -0.102. The van der Waals surface area contributed by atoms with Gasteiger partial charge in [0.25, 0.3) is 0 Å². The first-order valence-electron chi connectivity index (χ1n) is 2.79. The fraction of sp³-hybridized carbons (Fsp3) is 0.333. The Morgan fingerprint density at radius 2 is 2.00 bits per heavy atom. The smallest absolute Gasteiger partial charge is 0.175 e. The Balaban J connectivity index is 4.26. The molecule has 0 atom stereocenters. The molecule has 0 radical (unpaired) electrons. The molecule has 0 aromatic heterocycles.